The van der Waals surface area contributed by atoms with E-state index in [1.165, 1.54) is 0 Å². The third-order valence-corrected chi connectivity index (χ3v) is 2.79. The second kappa shape index (κ2) is 3.70. The lowest BCUT2D eigenvalue weighted by molar-refractivity contribution is 0.561. The zero-order chi connectivity index (χ0) is 12.7. The maximum absolute atomic E-state index is 8.84. The van der Waals surface area contributed by atoms with Crippen molar-refractivity contribution < 1.29 is 4.42 Å². The zero-order valence-corrected chi connectivity index (χ0v) is 10.0. The molecule has 18 heavy (non-hydrogen) atoms. The van der Waals surface area contributed by atoms with Gasteiger partial charge in [-0.15, -0.1) is 0 Å². The number of aromatic nitrogens is 3. The SMILES string of the molecule is Cc1nc2ccc(-c3cc(C#N)nn3C)cc2o1. The number of hydrogen-bond donors (Lipinski definition) is 0. The number of aryl methyl sites for hydroxylation is 2. The fraction of sp³-hybridized carbons (Fsp3) is 0.154. The molecule has 0 aliphatic heterocycles. The minimum atomic E-state index is 0.404. The van der Waals surface area contributed by atoms with Crippen LogP contribution in [0.2, 0.25) is 0 Å². The summed E-state index contributed by atoms with van der Waals surface area (Å²) in [5, 5.41) is 12.9. The summed E-state index contributed by atoms with van der Waals surface area (Å²) in [7, 11) is 1.81. The Morgan fingerprint density at radius 3 is 2.89 bits per heavy atom. The van der Waals surface area contributed by atoms with Gasteiger partial charge in [-0.2, -0.15) is 10.4 Å². The van der Waals surface area contributed by atoms with Crippen LogP contribution in [-0.4, -0.2) is 14.8 Å². The van der Waals surface area contributed by atoms with Gasteiger partial charge >= 0.3 is 0 Å². The Kier molecular flexibility index (Phi) is 2.17. The molecule has 0 unspecified atom stereocenters. The van der Waals surface area contributed by atoms with Crippen LogP contribution in [0.5, 0.6) is 0 Å². The van der Waals surface area contributed by atoms with Gasteiger partial charge in [0.15, 0.2) is 17.2 Å². The third-order valence-electron chi connectivity index (χ3n) is 2.79. The number of hydrogen-bond acceptors (Lipinski definition) is 4. The predicted octanol–water partition coefficient (Wildman–Crippen LogP) is 2.41. The summed E-state index contributed by atoms with van der Waals surface area (Å²) >= 11 is 0. The average Bonchev–Trinajstić information content (AvgIpc) is 2.89. The first kappa shape index (κ1) is 10.5. The number of rotatable bonds is 1. The molecule has 0 saturated heterocycles. The highest BCUT2D eigenvalue weighted by Gasteiger charge is 2.09. The van der Waals surface area contributed by atoms with E-state index in [2.05, 4.69) is 10.1 Å². The van der Waals surface area contributed by atoms with Crippen LogP contribution in [-0.2, 0) is 7.05 Å². The van der Waals surface area contributed by atoms with E-state index in [-0.39, 0.29) is 0 Å². The van der Waals surface area contributed by atoms with Gasteiger partial charge in [0.25, 0.3) is 0 Å². The van der Waals surface area contributed by atoms with Gasteiger partial charge in [0.2, 0.25) is 0 Å². The molecule has 0 aliphatic carbocycles. The number of oxazole rings is 1. The van der Waals surface area contributed by atoms with Gasteiger partial charge in [-0.05, 0) is 12.1 Å². The quantitative estimate of drug-likeness (QED) is 0.652. The first-order chi connectivity index (χ1) is 8.67. The Balaban J connectivity index is 2.18. The van der Waals surface area contributed by atoms with Crippen molar-refractivity contribution in [2.45, 2.75) is 6.92 Å². The minimum absolute atomic E-state index is 0.404. The van der Waals surface area contributed by atoms with E-state index in [0.29, 0.717) is 11.6 Å². The van der Waals surface area contributed by atoms with Gasteiger partial charge in [-0.25, -0.2) is 4.98 Å². The summed E-state index contributed by atoms with van der Waals surface area (Å²) in [5.41, 5.74) is 3.81. The zero-order valence-electron chi connectivity index (χ0n) is 10.0. The lowest BCUT2D eigenvalue weighted by Gasteiger charge is -2.00. The summed E-state index contributed by atoms with van der Waals surface area (Å²) in [6, 6.07) is 9.55. The average molecular weight is 238 g/mol. The molecule has 0 radical (unpaired) electrons. The van der Waals surface area contributed by atoms with Crippen molar-refractivity contribution in [1.29, 1.82) is 5.26 Å². The molecule has 2 heterocycles. The van der Waals surface area contributed by atoms with E-state index in [1.54, 1.807) is 10.7 Å². The van der Waals surface area contributed by atoms with Crippen LogP contribution >= 0.6 is 0 Å². The van der Waals surface area contributed by atoms with Gasteiger partial charge in [0.1, 0.15) is 11.6 Å². The molecule has 5 nitrogen and oxygen atoms in total. The third kappa shape index (κ3) is 1.55. The Morgan fingerprint density at radius 2 is 2.17 bits per heavy atom. The lowest BCUT2D eigenvalue weighted by Crippen LogP contribution is -1.93. The predicted molar refractivity (Wildman–Crippen MR) is 65.7 cm³/mol. The monoisotopic (exact) mass is 238 g/mol. The van der Waals surface area contributed by atoms with Crippen molar-refractivity contribution in [3.63, 3.8) is 0 Å². The summed E-state index contributed by atoms with van der Waals surface area (Å²) in [6.45, 7) is 1.82. The molecule has 3 rings (SSSR count). The number of benzene rings is 1. The maximum atomic E-state index is 8.84. The van der Waals surface area contributed by atoms with Crippen LogP contribution in [0.25, 0.3) is 22.4 Å². The van der Waals surface area contributed by atoms with E-state index < -0.39 is 0 Å². The second-order valence-electron chi connectivity index (χ2n) is 4.07. The molecular formula is C13H10N4O. The highest BCUT2D eigenvalue weighted by Crippen LogP contribution is 2.25. The first-order valence-corrected chi connectivity index (χ1v) is 5.49. The van der Waals surface area contributed by atoms with Gasteiger partial charge in [0.05, 0.1) is 5.69 Å². The Hall–Kier alpha value is -2.61. The fourth-order valence-electron chi connectivity index (χ4n) is 1.99. The van der Waals surface area contributed by atoms with E-state index in [0.717, 1.165) is 22.4 Å². The molecule has 0 aliphatic rings. The Labute approximate surface area is 103 Å². The van der Waals surface area contributed by atoms with Gasteiger partial charge in [-0.3, -0.25) is 4.68 Å². The molecule has 3 aromatic rings. The van der Waals surface area contributed by atoms with Crippen LogP contribution in [0.1, 0.15) is 11.6 Å². The van der Waals surface area contributed by atoms with Gasteiger partial charge in [-0.1, -0.05) is 6.07 Å². The Bertz CT molecular complexity index is 776. The highest BCUT2D eigenvalue weighted by atomic mass is 16.3. The molecule has 0 amide bonds. The van der Waals surface area contributed by atoms with Crippen molar-refractivity contribution >= 4 is 11.1 Å². The molecule has 0 fully saturated rings. The van der Waals surface area contributed by atoms with Crippen LogP contribution in [0.4, 0.5) is 0 Å². The summed E-state index contributed by atoms with van der Waals surface area (Å²) in [5.74, 6) is 0.643. The van der Waals surface area contributed by atoms with Crippen LogP contribution in [0.3, 0.4) is 0 Å². The van der Waals surface area contributed by atoms with Crippen molar-refractivity contribution in [2.24, 2.45) is 7.05 Å². The van der Waals surface area contributed by atoms with E-state index >= 15 is 0 Å². The molecule has 0 atom stereocenters. The number of nitrogens with zero attached hydrogens (tertiary/aromatic N) is 4. The first-order valence-electron chi connectivity index (χ1n) is 5.49. The van der Waals surface area contributed by atoms with Crippen LogP contribution < -0.4 is 0 Å². The summed E-state index contributed by atoms with van der Waals surface area (Å²) < 4.78 is 7.18. The number of nitriles is 1. The molecule has 0 saturated carbocycles. The van der Waals surface area contributed by atoms with E-state index in [9.17, 15) is 0 Å². The molecule has 2 aromatic heterocycles. The molecule has 5 heteroatoms. The molecular weight excluding hydrogens is 228 g/mol. The normalized spacial score (nSPS) is 10.7. The van der Waals surface area contributed by atoms with Gasteiger partial charge in [0, 0.05) is 25.6 Å². The van der Waals surface area contributed by atoms with E-state index in [1.807, 2.05) is 38.2 Å². The Morgan fingerprint density at radius 1 is 1.33 bits per heavy atom. The van der Waals surface area contributed by atoms with Gasteiger partial charge < -0.3 is 4.42 Å². The lowest BCUT2D eigenvalue weighted by atomic mass is 10.1. The molecule has 88 valence electrons. The van der Waals surface area contributed by atoms with Crippen molar-refractivity contribution in [2.75, 3.05) is 0 Å². The highest BCUT2D eigenvalue weighted by molar-refractivity contribution is 5.79. The second-order valence-corrected chi connectivity index (χ2v) is 4.07. The largest absolute Gasteiger partial charge is 0.441 e. The fourth-order valence-corrected chi connectivity index (χ4v) is 1.99. The molecule has 0 spiro atoms. The molecule has 1 aromatic carbocycles. The van der Waals surface area contributed by atoms with Crippen LogP contribution in [0.15, 0.2) is 28.7 Å². The molecule has 0 bridgehead atoms. The molecule has 0 N–H and O–H groups in total. The van der Waals surface area contributed by atoms with Crippen molar-refractivity contribution in [3.05, 3.63) is 35.9 Å². The smallest absolute Gasteiger partial charge is 0.192 e. The standard InChI is InChI=1S/C13H10N4O/c1-8-15-11-4-3-9(5-13(11)18-8)12-6-10(7-14)16-17(12)2/h3-6H,1-2H3. The topological polar surface area (TPSA) is 67.6 Å². The minimum Gasteiger partial charge on any atom is -0.441 e. The summed E-state index contributed by atoms with van der Waals surface area (Å²) in [4.78, 5) is 4.25. The summed E-state index contributed by atoms with van der Waals surface area (Å²) in [6.07, 6.45) is 0. The number of fused-ring (bicyclic) bond motifs is 1. The van der Waals surface area contributed by atoms with Crippen LogP contribution in [0, 0.1) is 18.3 Å². The van der Waals surface area contributed by atoms with E-state index in [4.69, 9.17) is 9.68 Å². The van der Waals surface area contributed by atoms with Crippen molar-refractivity contribution in [3.8, 4) is 17.3 Å². The van der Waals surface area contributed by atoms with Crippen molar-refractivity contribution in [1.82, 2.24) is 14.8 Å². The maximum Gasteiger partial charge on any atom is 0.192 e.